The lowest BCUT2D eigenvalue weighted by Crippen LogP contribution is -2.07. The minimum Gasteiger partial charge on any atom is -0.468 e. The Hall–Kier alpha value is -1.91. The molecule has 3 nitrogen and oxygen atoms in total. The second kappa shape index (κ2) is 7.38. The molecule has 1 aliphatic rings. The second-order valence-corrected chi connectivity index (χ2v) is 5.36. The van der Waals surface area contributed by atoms with Gasteiger partial charge in [0, 0.05) is 0 Å². The van der Waals surface area contributed by atoms with Crippen molar-refractivity contribution in [1.82, 2.24) is 0 Å². The first-order valence-corrected chi connectivity index (χ1v) is 7.45. The van der Waals surface area contributed by atoms with Gasteiger partial charge in [-0.05, 0) is 48.2 Å². The van der Waals surface area contributed by atoms with Crippen LogP contribution < -0.4 is 4.74 Å². The lowest BCUT2D eigenvalue weighted by molar-refractivity contribution is 0.00821. The first-order valence-electron chi connectivity index (χ1n) is 7.45. The monoisotopic (exact) mass is 302 g/mol. The van der Waals surface area contributed by atoms with Gasteiger partial charge < -0.3 is 14.2 Å². The molecule has 0 spiro atoms. The Kier molecular flexibility index (Phi) is 5.03. The molecule has 1 atom stereocenters. The molecule has 2 aromatic carbocycles. The van der Waals surface area contributed by atoms with E-state index < -0.39 is 0 Å². The Labute approximate surface area is 129 Å². The van der Waals surface area contributed by atoms with E-state index >= 15 is 0 Å². The predicted molar refractivity (Wildman–Crippen MR) is 81.4 cm³/mol. The van der Waals surface area contributed by atoms with Gasteiger partial charge in [0.05, 0.1) is 13.2 Å². The van der Waals surface area contributed by atoms with E-state index in [1.54, 1.807) is 0 Å². The topological polar surface area (TPSA) is 31.0 Å². The van der Waals surface area contributed by atoms with Gasteiger partial charge in [0.25, 0.3) is 0 Å². The first-order chi connectivity index (χ1) is 10.8. The number of aryl methyl sites for hydroxylation is 2. The van der Waals surface area contributed by atoms with Crippen LogP contribution >= 0.6 is 0 Å². The van der Waals surface area contributed by atoms with Crippen molar-refractivity contribution in [2.75, 3.05) is 20.0 Å². The molecule has 0 bridgehead atoms. The third-order valence-corrected chi connectivity index (χ3v) is 3.55. The van der Waals surface area contributed by atoms with Gasteiger partial charge in [0.15, 0.2) is 6.79 Å². The molecule has 0 saturated carbocycles. The lowest BCUT2D eigenvalue weighted by atomic mass is 10.0. The average molecular weight is 302 g/mol. The van der Waals surface area contributed by atoms with Crippen LogP contribution in [0, 0.1) is 5.82 Å². The van der Waals surface area contributed by atoms with Crippen molar-refractivity contribution in [1.29, 1.82) is 0 Å². The van der Waals surface area contributed by atoms with Gasteiger partial charge in [-0.2, -0.15) is 0 Å². The summed E-state index contributed by atoms with van der Waals surface area (Å²) in [6.45, 7) is 1.63. The van der Waals surface area contributed by atoms with E-state index in [4.69, 9.17) is 14.2 Å². The highest BCUT2D eigenvalue weighted by molar-refractivity contribution is 5.28. The summed E-state index contributed by atoms with van der Waals surface area (Å²) in [7, 11) is 0. The van der Waals surface area contributed by atoms with Gasteiger partial charge >= 0.3 is 0 Å². The van der Waals surface area contributed by atoms with Crippen molar-refractivity contribution in [2.45, 2.75) is 18.9 Å². The van der Waals surface area contributed by atoms with E-state index in [1.165, 1.54) is 17.7 Å². The molecule has 4 heteroatoms. The summed E-state index contributed by atoms with van der Waals surface area (Å²) < 4.78 is 28.7. The third kappa shape index (κ3) is 4.83. The number of hydrogen-bond acceptors (Lipinski definition) is 3. The SMILES string of the molecule is Fc1ccc(CCc2ccc(OCOCC3CO3)cc2)cc1. The minimum absolute atomic E-state index is 0.194. The van der Waals surface area contributed by atoms with Crippen molar-refractivity contribution in [2.24, 2.45) is 0 Å². The Morgan fingerprint density at radius 1 is 0.955 bits per heavy atom. The van der Waals surface area contributed by atoms with E-state index in [2.05, 4.69) is 0 Å². The molecule has 0 aliphatic carbocycles. The maximum atomic E-state index is 12.8. The van der Waals surface area contributed by atoms with E-state index in [1.807, 2.05) is 36.4 Å². The summed E-state index contributed by atoms with van der Waals surface area (Å²) in [5, 5.41) is 0. The summed E-state index contributed by atoms with van der Waals surface area (Å²) in [4.78, 5) is 0. The zero-order valence-corrected chi connectivity index (χ0v) is 12.3. The van der Waals surface area contributed by atoms with Crippen molar-refractivity contribution in [3.8, 4) is 5.75 Å². The molecule has 2 aromatic rings. The van der Waals surface area contributed by atoms with Crippen LogP contribution in [0.15, 0.2) is 48.5 Å². The van der Waals surface area contributed by atoms with E-state index in [0.29, 0.717) is 6.61 Å². The molecule has 0 amide bonds. The molecule has 1 aliphatic heterocycles. The Morgan fingerprint density at radius 2 is 1.55 bits per heavy atom. The highest BCUT2D eigenvalue weighted by Gasteiger charge is 2.22. The molecule has 0 N–H and O–H groups in total. The number of rotatable bonds is 8. The van der Waals surface area contributed by atoms with Crippen LogP contribution in [0.3, 0.4) is 0 Å². The van der Waals surface area contributed by atoms with Crippen molar-refractivity contribution < 1.29 is 18.6 Å². The van der Waals surface area contributed by atoms with Gasteiger partial charge in [0.1, 0.15) is 17.7 Å². The zero-order valence-electron chi connectivity index (χ0n) is 12.3. The summed E-state index contributed by atoms with van der Waals surface area (Å²) in [6.07, 6.45) is 2.07. The van der Waals surface area contributed by atoms with Crippen LogP contribution in [-0.2, 0) is 22.3 Å². The smallest absolute Gasteiger partial charge is 0.189 e. The maximum Gasteiger partial charge on any atom is 0.189 e. The van der Waals surface area contributed by atoms with Gasteiger partial charge in [-0.15, -0.1) is 0 Å². The van der Waals surface area contributed by atoms with E-state index in [-0.39, 0.29) is 18.7 Å². The molecule has 22 heavy (non-hydrogen) atoms. The molecule has 1 heterocycles. The van der Waals surface area contributed by atoms with E-state index in [9.17, 15) is 4.39 Å². The number of ether oxygens (including phenoxy) is 3. The third-order valence-electron chi connectivity index (χ3n) is 3.55. The summed E-state index contributed by atoms with van der Waals surface area (Å²) >= 11 is 0. The largest absolute Gasteiger partial charge is 0.468 e. The molecule has 3 rings (SSSR count). The van der Waals surface area contributed by atoms with Gasteiger partial charge in [-0.1, -0.05) is 24.3 Å². The van der Waals surface area contributed by atoms with Crippen LogP contribution in [0.4, 0.5) is 4.39 Å². The van der Waals surface area contributed by atoms with Crippen LogP contribution in [0.2, 0.25) is 0 Å². The van der Waals surface area contributed by atoms with Gasteiger partial charge in [-0.3, -0.25) is 0 Å². The summed E-state index contributed by atoms with van der Waals surface area (Å²) in [5.41, 5.74) is 2.36. The van der Waals surface area contributed by atoms with Crippen LogP contribution in [0.1, 0.15) is 11.1 Å². The lowest BCUT2D eigenvalue weighted by Gasteiger charge is -2.07. The maximum absolute atomic E-state index is 12.8. The average Bonchev–Trinajstić information content (AvgIpc) is 3.36. The fraction of sp³-hybridized carbons (Fsp3) is 0.333. The molecular formula is C18H19FO3. The quantitative estimate of drug-likeness (QED) is 0.425. The number of epoxide rings is 1. The summed E-state index contributed by atoms with van der Waals surface area (Å²) in [6, 6.07) is 14.6. The molecule has 1 fully saturated rings. The van der Waals surface area contributed by atoms with Crippen molar-refractivity contribution in [3.63, 3.8) is 0 Å². The fourth-order valence-electron chi connectivity index (χ4n) is 2.15. The standard InChI is InChI=1S/C18H19FO3/c19-16-7-3-14(4-8-16)1-2-15-5-9-17(10-6-15)22-13-20-11-18-12-21-18/h3-10,18H,1-2,11-13H2. The fourth-order valence-corrected chi connectivity index (χ4v) is 2.15. The summed E-state index contributed by atoms with van der Waals surface area (Å²) in [5.74, 6) is 0.600. The first kappa shape index (κ1) is 15.0. The van der Waals surface area contributed by atoms with E-state index in [0.717, 1.165) is 30.8 Å². The minimum atomic E-state index is -0.194. The second-order valence-electron chi connectivity index (χ2n) is 5.36. The molecule has 1 unspecified atom stereocenters. The predicted octanol–water partition coefficient (Wildman–Crippen LogP) is 3.36. The van der Waals surface area contributed by atoms with Crippen molar-refractivity contribution >= 4 is 0 Å². The molecule has 116 valence electrons. The molecular weight excluding hydrogens is 283 g/mol. The Balaban J connectivity index is 1.41. The van der Waals surface area contributed by atoms with Gasteiger partial charge in [0.2, 0.25) is 0 Å². The molecule has 0 aromatic heterocycles. The number of hydrogen-bond donors (Lipinski definition) is 0. The van der Waals surface area contributed by atoms with Gasteiger partial charge in [-0.25, -0.2) is 4.39 Å². The highest BCUT2D eigenvalue weighted by Crippen LogP contribution is 2.15. The van der Waals surface area contributed by atoms with Crippen LogP contribution in [-0.4, -0.2) is 26.1 Å². The van der Waals surface area contributed by atoms with Crippen LogP contribution in [0.25, 0.3) is 0 Å². The van der Waals surface area contributed by atoms with Crippen LogP contribution in [0.5, 0.6) is 5.75 Å². The Bertz CT molecular complexity index is 576. The normalized spacial score (nSPS) is 16.5. The van der Waals surface area contributed by atoms with Crippen molar-refractivity contribution in [3.05, 3.63) is 65.5 Å². The Morgan fingerprint density at radius 3 is 2.14 bits per heavy atom. The molecule has 0 radical (unpaired) electrons. The molecule has 1 saturated heterocycles. The number of benzene rings is 2. The zero-order chi connectivity index (χ0) is 15.2. The number of halogens is 1. The highest BCUT2D eigenvalue weighted by atomic mass is 19.1.